The van der Waals surface area contributed by atoms with Crippen molar-refractivity contribution in [2.45, 2.75) is 38.0 Å². The molecule has 2 saturated heterocycles. The van der Waals surface area contributed by atoms with Crippen LogP contribution in [-0.4, -0.2) is 47.8 Å². The SMILES string of the molecule is Cl.Fc1ccc2c(C3CCN(CN4CCCCC4)CC3)noc2c1. The minimum Gasteiger partial charge on any atom is -0.356 e. The quantitative estimate of drug-likeness (QED) is 0.834. The summed E-state index contributed by atoms with van der Waals surface area (Å²) in [5.41, 5.74) is 1.58. The standard InChI is InChI=1S/C18H24FN3O.ClH/c19-15-4-5-16-17(12-15)23-20-18(16)14-6-10-22(11-7-14)13-21-8-2-1-3-9-21;/h4-5,12,14H,1-3,6-11,13H2;1H. The van der Waals surface area contributed by atoms with Gasteiger partial charge < -0.3 is 4.52 Å². The van der Waals surface area contributed by atoms with E-state index in [2.05, 4.69) is 15.0 Å². The lowest BCUT2D eigenvalue weighted by atomic mass is 9.92. The van der Waals surface area contributed by atoms with Crippen LogP contribution < -0.4 is 0 Å². The Kier molecular flexibility index (Phi) is 5.74. The summed E-state index contributed by atoms with van der Waals surface area (Å²) in [5, 5.41) is 5.20. The van der Waals surface area contributed by atoms with Crippen molar-refractivity contribution in [2.75, 3.05) is 32.8 Å². The highest BCUT2D eigenvalue weighted by Crippen LogP contribution is 2.32. The van der Waals surface area contributed by atoms with Gasteiger partial charge in [-0.3, -0.25) is 9.80 Å². The number of benzene rings is 1. The molecule has 2 aromatic rings. The minimum atomic E-state index is -0.267. The van der Waals surface area contributed by atoms with Crippen LogP contribution in [0, 0.1) is 5.82 Å². The summed E-state index contributed by atoms with van der Waals surface area (Å²) in [5.74, 6) is 0.163. The molecule has 1 aromatic carbocycles. The maximum atomic E-state index is 13.3. The van der Waals surface area contributed by atoms with E-state index in [0.717, 1.165) is 43.7 Å². The highest BCUT2D eigenvalue weighted by atomic mass is 35.5. The number of fused-ring (bicyclic) bond motifs is 1. The van der Waals surface area contributed by atoms with Crippen LogP contribution >= 0.6 is 12.4 Å². The van der Waals surface area contributed by atoms with Crippen molar-refractivity contribution in [3.63, 3.8) is 0 Å². The van der Waals surface area contributed by atoms with Crippen molar-refractivity contribution in [3.8, 4) is 0 Å². The highest BCUT2D eigenvalue weighted by molar-refractivity contribution is 5.85. The number of halogens is 2. The second-order valence-corrected chi connectivity index (χ2v) is 6.92. The molecule has 0 radical (unpaired) electrons. The molecule has 2 aliphatic rings. The van der Waals surface area contributed by atoms with Crippen molar-refractivity contribution in [1.82, 2.24) is 15.0 Å². The van der Waals surface area contributed by atoms with Crippen LogP contribution in [0.4, 0.5) is 4.39 Å². The molecule has 0 bridgehead atoms. The van der Waals surface area contributed by atoms with E-state index in [1.165, 1.54) is 44.5 Å². The molecule has 1 aromatic heterocycles. The third-order valence-corrected chi connectivity index (χ3v) is 5.28. The van der Waals surface area contributed by atoms with E-state index < -0.39 is 0 Å². The summed E-state index contributed by atoms with van der Waals surface area (Å²) in [4.78, 5) is 5.14. The molecule has 0 aliphatic carbocycles. The second-order valence-electron chi connectivity index (χ2n) is 6.92. The molecule has 4 nitrogen and oxygen atoms in total. The Hall–Kier alpha value is -1.17. The first kappa shape index (κ1) is 17.6. The maximum Gasteiger partial charge on any atom is 0.170 e. The van der Waals surface area contributed by atoms with Crippen molar-refractivity contribution >= 4 is 23.4 Å². The highest BCUT2D eigenvalue weighted by Gasteiger charge is 2.26. The molecule has 2 aliphatic heterocycles. The van der Waals surface area contributed by atoms with Gasteiger partial charge in [0.2, 0.25) is 0 Å². The summed E-state index contributed by atoms with van der Waals surface area (Å²) in [6.45, 7) is 5.82. The molecular weight excluding hydrogens is 329 g/mol. The Morgan fingerprint density at radius 2 is 1.75 bits per heavy atom. The zero-order valence-corrected chi connectivity index (χ0v) is 14.7. The Bertz CT molecular complexity index is 663. The fourth-order valence-corrected chi connectivity index (χ4v) is 3.96. The van der Waals surface area contributed by atoms with E-state index in [-0.39, 0.29) is 18.2 Å². The number of nitrogens with zero attached hydrogens (tertiary/aromatic N) is 3. The van der Waals surface area contributed by atoms with Crippen molar-refractivity contribution in [2.24, 2.45) is 0 Å². The molecule has 0 saturated carbocycles. The Balaban J connectivity index is 0.00000169. The van der Waals surface area contributed by atoms with Crippen molar-refractivity contribution < 1.29 is 8.91 Å². The predicted molar refractivity (Wildman–Crippen MR) is 95.1 cm³/mol. The van der Waals surface area contributed by atoms with Gasteiger partial charge in [0.1, 0.15) is 5.82 Å². The number of rotatable bonds is 3. The normalized spacial score (nSPS) is 21.0. The van der Waals surface area contributed by atoms with Gasteiger partial charge >= 0.3 is 0 Å². The third kappa shape index (κ3) is 3.73. The van der Waals surface area contributed by atoms with Gasteiger partial charge in [-0.15, -0.1) is 12.4 Å². The lowest BCUT2D eigenvalue weighted by Crippen LogP contribution is -2.43. The lowest BCUT2D eigenvalue weighted by Gasteiger charge is -2.36. The molecule has 0 unspecified atom stereocenters. The molecule has 0 N–H and O–H groups in total. The zero-order valence-electron chi connectivity index (χ0n) is 13.9. The Morgan fingerprint density at radius 3 is 2.50 bits per heavy atom. The average Bonchev–Trinajstić information content (AvgIpc) is 2.99. The molecule has 4 rings (SSSR count). The zero-order chi connectivity index (χ0) is 15.6. The molecule has 0 atom stereocenters. The number of likely N-dealkylation sites (tertiary alicyclic amines) is 2. The summed E-state index contributed by atoms with van der Waals surface area (Å²) in [6.07, 6.45) is 6.29. The fraction of sp³-hybridized carbons (Fsp3) is 0.611. The first-order valence-corrected chi connectivity index (χ1v) is 8.79. The summed E-state index contributed by atoms with van der Waals surface area (Å²) in [7, 11) is 0. The van der Waals surface area contributed by atoms with Gasteiger partial charge in [-0.1, -0.05) is 11.6 Å². The largest absolute Gasteiger partial charge is 0.356 e. The summed E-state index contributed by atoms with van der Waals surface area (Å²) in [6, 6.07) is 4.72. The van der Waals surface area contributed by atoms with Crippen LogP contribution in [0.2, 0.25) is 0 Å². The summed E-state index contributed by atoms with van der Waals surface area (Å²) >= 11 is 0. The number of hydrogen-bond acceptors (Lipinski definition) is 4. The smallest absolute Gasteiger partial charge is 0.170 e. The molecule has 2 fully saturated rings. The predicted octanol–water partition coefficient (Wildman–Crippen LogP) is 4.01. The van der Waals surface area contributed by atoms with E-state index >= 15 is 0 Å². The number of hydrogen-bond donors (Lipinski definition) is 0. The van der Waals surface area contributed by atoms with Crippen LogP contribution in [0.5, 0.6) is 0 Å². The van der Waals surface area contributed by atoms with Crippen LogP contribution in [0.25, 0.3) is 11.0 Å². The molecule has 132 valence electrons. The average molecular weight is 354 g/mol. The van der Waals surface area contributed by atoms with Crippen LogP contribution in [0.3, 0.4) is 0 Å². The molecule has 3 heterocycles. The maximum absolute atomic E-state index is 13.3. The van der Waals surface area contributed by atoms with E-state index in [1.807, 2.05) is 0 Å². The molecule has 24 heavy (non-hydrogen) atoms. The van der Waals surface area contributed by atoms with Gasteiger partial charge in [-0.2, -0.15) is 0 Å². The Morgan fingerprint density at radius 1 is 1.04 bits per heavy atom. The number of piperidine rings is 2. The van der Waals surface area contributed by atoms with Crippen LogP contribution in [-0.2, 0) is 0 Å². The van der Waals surface area contributed by atoms with Gasteiger partial charge in [0.05, 0.1) is 12.4 Å². The van der Waals surface area contributed by atoms with Crippen LogP contribution in [0.15, 0.2) is 22.7 Å². The van der Waals surface area contributed by atoms with E-state index in [4.69, 9.17) is 4.52 Å². The minimum absolute atomic E-state index is 0. The van der Waals surface area contributed by atoms with E-state index in [1.54, 1.807) is 6.07 Å². The van der Waals surface area contributed by atoms with Gasteiger partial charge in [0, 0.05) is 30.5 Å². The van der Waals surface area contributed by atoms with E-state index in [9.17, 15) is 4.39 Å². The monoisotopic (exact) mass is 353 g/mol. The van der Waals surface area contributed by atoms with Gasteiger partial charge in [0.15, 0.2) is 5.58 Å². The first-order chi connectivity index (χ1) is 11.3. The van der Waals surface area contributed by atoms with Crippen LogP contribution in [0.1, 0.15) is 43.7 Å². The molecule has 0 amide bonds. The second kappa shape index (κ2) is 7.81. The van der Waals surface area contributed by atoms with Crippen molar-refractivity contribution in [1.29, 1.82) is 0 Å². The third-order valence-electron chi connectivity index (χ3n) is 5.28. The molecule has 6 heteroatoms. The van der Waals surface area contributed by atoms with E-state index in [0.29, 0.717) is 11.5 Å². The lowest BCUT2D eigenvalue weighted by molar-refractivity contribution is 0.0921. The van der Waals surface area contributed by atoms with Gasteiger partial charge in [-0.25, -0.2) is 4.39 Å². The Labute approximate surface area is 148 Å². The fourth-order valence-electron chi connectivity index (χ4n) is 3.96. The molecular formula is C18H25ClFN3O. The topological polar surface area (TPSA) is 32.5 Å². The summed E-state index contributed by atoms with van der Waals surface area (Å²) < 4.78 is 18.6. The number of aromatic nitrogens is 1. The van der Waals surface area contributed by atoms with Gasteiger partial charge in [-0.05, 0) is 50.9 Å². The van der Waals surface area contributed by atoms with Gasteiger partial charge in [0.25, 0.3) is 0 Å². The molecule has 0 spiro atoms. The van der Waals surface area contributed by atoms with Crippen molar-refractivity contribution in [3.05, 3.63) is 29.7 Å². The first-order valence-electron chi connectivity index (χ1n) is 8.79.